The van der Waals surface area contributed by atoms with E-state index in [4.69, 9.17) is 0 Å². The zero-order valence-corrected chi connectivity index (χ0v) is 14.5. The van der Waals surface area contributed by atoms with Crippen molar-refractivity contribution in [2.75, 3.05) is 5.32 Å². The maximum atomic E-state index is 13.6. The number of nitrogens with zero attached hydrogens (tertiary/aromatic N) is 1. The van der Waals surface area contributed by atoms with Gasteiger partial charge in [-0.1, -0.05) is 18.2 Å². The molecular formula is C16H18FN3O4S. The van der Waals surface area contributed by atoms with E-state index in [1.807, 2.05) is 0 Å². The molecule has 2 rings (SSSR count). The molecule has 7 nitrogen and oxygen atoms in total. The lowest BCUT2D eigenvalue weighted by molar-refractivity contribution is -0.384. The predicted octanol–water partition coefficient (Wildman–Crippen LogP) is 3.03. The van der Waals surface area contributed by atoms with Crippen LogP contribution in [-0.2, 0) is 16.6 Å². The van der Waals surface area contributed by atoms with Gasteiger partial charge in [0.1, 0.15) is 11.5 Å². The lowest BCUT2D eigenvalue weighted by atomic mass is 10.2. The van der Waals surface area contributed by atoms with Gasteiger partial charge in [-0.15, -0.1) is 0 Å². The van der Waals surface area contributed by atoms with Crippen LogP contribution in [0.5, 0.6) is 0 Å². The van der Waals surface area contributed by atoms with Crippen molar-refractivity contribution in [2.45, 2.75) is 31.3 Å². The molecule has 2 aromatic rings. The van der Waals surface area contributed by atoms with Crippen LogP contribution in [-0.4, -0.2) is 19.4 Å². The largest absolute Gasteiger partial charge is 0.375 e. The molecule has 2 aromatic carbocycles. The summed E-state index contributed by atoms with van der Waals surface area (Å²) in [4.78, 5) is 10.4. The van der Waals surface area contributed by atoms with Gasteiger partial charge in [-0.3, -0.25) is 10.1 Å². The quantitative estimate of drug-likeness (QED) is 0.579. The summed E-state index contributed by atoms with van der Waals surface area (Å²) in [5.41, 5.74) is 0.0506. The monoisotopic (exact) mass is 367 g/mol. The molecule has 0 aliphatic rings. The van der Waals surface area contributed by atoms with Crippen molar-refractivity contribution in [1.82, 2.24) is 4.72 Å². The summed E-state index contributed by atoms with van der Waals surface area (Å²) in [5, 5.41) is 14.1. The molecule has 0 atom stereocenters. The number of nitro groups is 1. The molecule has 0 radical (unpaired) electrons. The average Bonchev–Trinajstić information content (AvgIpc) is 2.52. The second kappa shape index (κ2) is 7.58. The van der Waals surface area contributed by atoms with Gasteiger partial charge < -0.3 is 5.32 Å². The van der Waals surface area contributed by atoms with E-state index in [1.54, 1.807) is 32.0 Å². The Balaban J connectivity index is 2.31. The second-order valence-electron chi connectivity index (χ2n) is 5.66. The molecule has 25 heavy (non-hydrogen) atoms. The molecule has 0 amide bonds. The molecule has 0 aliphatic heterocycles. The van der Waals surface area contributed by atoms with Crippen LogP contribution < -0.4 is 10.0 Å². The first-order chi connectivity index (χ1) is 11.7. The lowest BCUT2D eigenvalue weighted by Gasteiger charge is -2.12. The Bertz CT molecular complexity index is 885. The van der Waals surface area contributed by atoms with Gasteiger partial charge in [-0.25, -0.2) is 17.5 Å². The molecule has 0 saturated carbocycles. The molecule has 0 heterocycles. The molecule has 9 heteroatoms. The summed E-state index contributed by atoms with van der Waals surface area (Å²) in [6.45, 7) is 3.33. The topological polar surface area (TPSA) is 101 Å². The standard InChI is InChI=1S/C16H18FN3O4S/c1-11(2)19-25(23,24)13-7-8-15(16(9-13)20(21)22)18-10-12-5-3-4-6-14(12)17/h3-9,11,18-19H,10H2,1-2H3. The molecule has 0 aromatic heterocycles. The van der Waals surface area contributed by atoms with Crippen LogP contribution in [0.15, 0.2) is 47.4 Å². The van der Waals surface area contributed by atoms with Crippen molar-refractivity contribution < 1.29 is 17.7 Å². The van der Waals surface area contributed by atoms with E-state index in [2.05, 4.69) is 10.0 Å². The molecule has 0 spiro atoms. The van der Waals surface area contributed by atoms with E-state index in [9.17, 15) is 22.9 Å². The fourth-order valence-corrected chi connectivity index (χ4v) is 3.46. The van der Waals surface area contributed by atoms with Crippen LogP contribution in [0.2, 0.25) is 0 Å². The minimum atomic E-state index is -3.85. The molecule has 0 fully saturated rings. The molecule has 0 aliphatic carbocycles. The average molecular weight is 367 g/mol. The number of halogens is 1. The highest BCUT2D eigenvalue weighted by molar-refractivity contribution is 7.89. The van der Waals surface area contributed by atoms with Crippen molar-refractivity contribution in [3.63, 3.8) is 0 Å². The molecule has 0 bridgehead atoms. The number of nitro benzene ring substituents is 1. The molecule has 134 valence electrons. The highest BCUT2D eigenvalue weighted by atomic mass is 32.2. The number of benzene rings is 2. The van der Waals surface area contributed by atoms with Crippen LogP contribution in [0, 0.1) is 15.9 Å². The van der Waals surface area contributed by atoms with Gasteiger partial charge in [0.05, 0.1) is 9.82 Å². The number of hydrogen-bond donors (Lipinski definition) is 2. The predicted molar refractivity (Wildman–Crippen MR) is 92.3 cm³/mol. The lowest BCUT2D eigenvalue weighted by Crippen LogP contribution is -2.30. The van der Waals surface area contributed by atoms with Crippen molar-refractivity contribution >= 4 is 21.4 Å². The SMILES string of the molecule is CC(C)NS(=O)(=O)c1ccc(NCc2ccccc2F)c([N+](=O)[O-])c1. The molecular weight excluding hydrogens is 349 g/mol. The number of anilines is 1. The Morgan fingerprint density at radius 2 is 1.88 bits per heavy atom. The number of hydrogen-bond acceptors (Lipinski definition) is 5. The maximum Gasteiger partial charge on any atom is 0.293 e. The summed E-state index contributed by atoms with van der Waals surface area (Å²) in [5.74, 6) is -0.432. The normalized spacial score (nSPS) is 11.5. The van der Waals surface area contributed by atoms with Gasteiger partial charge in [0.15, 0.2) is 0 Å². The van der Waals surface area contributed by atoms with E-state index < -0.39 is 26.5 Å². The summed E-state index contributed by atoms with van der Waals surface area (Å²) < 4.78 is 40.3. The number of sulfonamides is 1. The summed E-state index contributed by atoms with van der Waals surface area (Å²) in [6, 6.07) is 9.25. The minimum absolute atomic E-state index is 0.0316. The van der Waals surface area contributed by atoms with Crippen molar-refractivity contribution in [1.29, 1.82) is 0 Å². The third-order valence-electron chi connectivity index (χ3n) is 3.29. The highest BCUT2D eigenvalue weighted by Crippen LogP contribution is 2.28. The van der Waals surface area contributed by atoms with Gasteiger partial charge in [-0.05, 0) is 32.0 Å². The van der Waals surface area contributed by atoms with Crippen LogP contribution in [0.4, 0.5) is 15.8 Å². The molecule has 0 unspecified atom stereocenters. The number of rotatable bonds is 7. The third kappa shape index (κ3) is 4.74. The Labute approximate surface area is 145 Å². The van der Waals surface area contributed by atoms with E-state index in [0.717, 1.165) is 6.07 Å². The fourth-order valence-electron chi connectivity index (χ4n) is 2.19. The van der Waals surface area contributed by atoms with Crippen LogP contribution in [0.25, 0.3) is 0 Å². The van der Waals surface area contributed by atoms with E-state index >= 15 is 0 Å². The summed E-state index contributed by atoms with van der Waals surface area (Å²) in [6.07, 6.45) is 0. The van der Waals surface area contributed by atoms with Crippen LogP contribution in [0.3, 0.4) is 0 Å². The van der Waals surface area contributed by atoms with E-state index in [0.29, 0.717) is 5.56 Å². The Kier molecular flexibility index (Phi) is 5.70. The molecule has 0 saturated heterocycles. The van der Waals surface area contributed by atoms with Crippen molar-refractivity contribution in [2.24, 2.45) is 0 Å². The van der Waals surface area contributed by atoms with E-state index in [-0.39, 0.29) is 23.2 Å². The van der Waals surface area contributed by atoms with Crippen molar-refractivity contribution in [3.8, 4) is 0 Å². The van der Waals surface area contributed by atoms with E-state index in [1.165, 1.54) is 18.2 Å². The number of nitrogens with one attached hydrogen (secondary N) is 2. The zero-order chi connectivity index (χ0) is 18.6. The Morgan fingerprint density at radius 1 is 1.20 bits per heavy atom. The molecule has 2 N–H and O–H groups in total. The van der Waals surface area contributed by atoms with Crippen LogP contribution in [0.1, 0.15) is 19.4 Å². The smallest absolute Gasteiger partial charge is 0.293 e. The van der Waals surface area contributed by atoms with Gasteiger partial charge in [0.25, 0.3) is 5.69 Å². The second-order valence-corrected chi connectivity index (χ2v) is 7.37. The van der Waals surface area contributed by atoms with Gasteiger partial charge in [0.2, 0.25) is 10.0 Å². The first-order valence-electron chi connectivity index (χ1n) is 7.49. The highest BCUT2D eigenvalue weighted by Gasteiger charge is 2.22. The van der Waals surface area contributed by atoms with Crippen molar-refractivity contribution in [3.05, 3.63) is 64.0 Å². The van der Waals surface area contributed by atoms with Gasteiger partial charge >= 0.3 is 0 Å². The third-order valence-corrected chi connectivity index (χ3v) is 4.95. The first-order valence-corrected chi connectivity index (χ1v) is 8.97. The Hall–Kier alpha value is -2.52. The zero-order valence-electron chi connectivity index (χ0n) is 13.7. The fraction of sp³-hybridized carbons (Fsp3) is 0.250. The summed E-state index contributed by atoms with van der Waals surface area (Å²) >= 11 is 0. The maximum absolute atomic E-state index is 13.6. The minimum Gasteiger partial charge on any atom is -0.375 e. The van der Waals surface area contributed by atoms with Gasteiger partial charge in [-0.2, -0.15) is 0 Å². The Morgan fingerprint density at radius 3 is 2.48 bits per heavy atom. The first kappa shape index (κ1) is 18.8. The summed E-state index contributed by atoms with van der Waals surface area (Å²) in [7, 11) is -3.85. The van der Waals surface area contributed by atoms with Crippen LogP contribution >= 0.6 is 0 Å². The van der Waals surface area contributed by atoms with Gasteiger partial charge in [0, 0.05) is 24.2 Å².